The monoisotopic (exact) mass is 406 g/mol. The van der Waals surface area contributed by atoms with E-state index in [1.54, 1.807) is 4.68 Å². The number of likely N-dealkylation sites (tertiary alicyclic amines) is 1. The van der Waals surface area contributed by atoms with Gasteiger partial charge in [-0.05, 0) is 22.6 Å². The van der Waals surface area contributed by atoms with Crippen molar-refractivity contribution >= 4 is 45.5 Å². The third-order valence-corrected chi connectivity index (χ3v) is 4.22. The lowest BCUT2D eigenvalue weighted by atomic mass is 10.0. The van der Waals surface area contributed by atoms with Crippen LogP contribution in [-0.4, -0.2) is 55.1 Å². The van der Waals surface area contributed by atoms with Crippen molar-refractivity contribution in [1.82, 2.24) is 24.6 Å². The predicted octanol–water partition coefficient (Wildman–Crippen LogP) is 1.28. The second-order valence-electron chi connectivity index (χ2n) is 4.87. The largest absolute Gasteiger partial charge is 0.465 e. The SMILES string of the molecule is Nc1ncnc2c1c(I)nn2[C@@H]1CC(F)CN(C(=O)O)C1. The number of amides is 1. The van der Waals surface area contributed by atoms with Crippen molar-refractivity contribution in [2.24, 2.45) is 0 Å². The van der Waals surface area contributed by atoms with Crippen LogP contribution in [-0.2, 0) is 0 Å². The molecule has 0 aromatic carbocycles. The second-order valence-corrected chi connectivity index (χ2v) is 5.89. The minimum atomic E-state index is -1.23. The standard InChI is InChI=1S/C11H12FIN6O2/c12-5-1-6(3-18(2-5)11(20)21)19-10-7(8(13)17-19)9(14)15-4-16-10/h4-6H,1-3H2,(H,20,21)(H2,14,15,16)/t5?,6-/m1/s1. The Hall–Kier alpha value is -1.72. The van der Waals surface area contributed by atoms with Gasteiger partial charge in [0.1, 0.15) is 22.0 Å². The lowest BCUT2D eigenvalue weighted by molar-refractivity contribution is 0.0829. The number of halogens is 2. The van der Waals surface area contributed by atoms with Gasteiger partial charge < -0.3 is 15.7 Å². The van der Waals surface area contributed by atoms with Crippen molar-refractivity contribution in [3.05, 3.63) is 10.0 Å². The molecule has 2 atom stereocenters. The minimum Gasteiger partial charge on any atom is -0.465 e. The number of nitrogens with zero attached hydrogens (tertiary/aromatic N) is 5. The predicted molar refractivity (Wildman–Crippen MR) is 80.6 cm³/mol. The number of aromatic nitrogens is 4. The average molecular weight is 406 g/mol. The van der Waals surface area contributed by atoms with Crippen LogP contribution in [0.25, 0.3) is 11.0 Å². The van der Waals surface area contributed by atoms with E-state index < -0.39 is 18.3 Å². The number of carboxylic acid groups (broad SMARTS) is 1. The summed E-state index contributed by atoms with van der Waals surface area (Å²) in [5.74, 6) is 0.304. The molecule has 1 aliphatic heterocycles. The maximum Gasteiger partial charge on any atom is 0.407 e. The van der Waals surface area contributed by atoms with E-state index in [0.717, 1.165) is 4.90 Å². The highest BCUT2D eigenvalue weighted by Gasteiger charge is 2.33. The van der Waals surface area contributed by atoms with Crippen molar-refractivity contribution in [3.8, 4) is 0 Å². The van der Waals surface area contributed by atoms with Gasteiger partial charge in [0.25, 0.3) is 0 Å². The van der Waals surface area contributed by atoms with E-state index in [-0.39, 0.29) is 19.5 Å². The smallest absolute Gasteiger partial charge is 0.407 e. The van der Waals surface area contributed by atoms with E-state index in [1.165, 1.54) is 6.33 Å². The molecule has 21 heavy (non-hydrogen) atoms. The topological polar surface area (TPSA) is 110 Å². The number of nitrogens with two attached hydrogens (primary N) is 1. The Bertz CT molecular complexity index is 707. The molecule has 1 saturated heterocycles. The van der Waals surface area contributed by atoms with Crippen molar-refractivity contribution in [1.29, 1.82) is 0 Å². The summed E-state index contributed by atoms with van der Waals surface area (Å²) >= 11 is 2.01. The van der Waals surface area contributed by atoms with Crippen LogP contribution < -0.4 is 5.73 Å². The number of hydrogen-bond donors (Lipinski definition) is 2. The summed E-state index contributed by atoms with van der Waals surface area (Å²) in [5, 5.41) is 14.0. The summed E-state index contributed by atoms with van der Waals surface area (Å²) in [4.78, 5) is 20.2. The third-order valence-electron chi connectivity index (χ3n) is 3.47. The first-order chi connectivity index (χ1) is 9.97. The van der Waals surface area contributed by atoms with Gasteiger partial charge in [-0.3, -0.25) is 0 Å². The molecule has 1 amide bonds. The lowest BCUT2D eigenvalue weighted by Gasteiger charge is -2.32. The van der Waals surface area contributed by atoms with Crippen molar-refractivity contribution in [2.75, 3.05) is 18.8 Å². The molecule has 0 bridgehead atoms. The molecule has 0 spiro atoms. The normalized spacial score (nSPS) is 22.7. The fourth-order valence-corrected chi connectivity index (χ4v) is 3.30. The van der Waals surface area contributed by atoms with Gasteiger partial charge in [0.15, 0.2) is 5.65 Å². The van der Waals surface area contributed by atoms with E-state index in [4.69, 9.17) is 10.8 Å². The number of hydrogen-bond acceptors (Lipinski definition) is 5. The van der Waals surface area contributed by atoms with Gasteiger partial charge >= 0.3 is 6.09 Å². The number of piperidine rings is 1. The lowest BCUT2D eigenvalue weighted by Crippen LogP contribution is -2.45. The fourth-order valence-electron chi connectivity index (χ4n) is 2.55. The Labute approximate surface area is 132 Å². The Morgan fingerprint density at radius 1 is 1.48 bits per heavy atom. The van der Waals surface area contributed by atoms with Crippen LogP contribution in [0.15, 0.2) is 6.33 Å². The molecular weight excluding hydrogens is 394 g/mol. The van der Waals surface area contributed by atoms with Crippen molar-refractivity contribution < 1.29 is 14.3 Å². The quantitative estimate of drug-likeness (QED) is 0.691. The van der Waals surface area contributed by atoms with Crippen LogP contribution in [0.2, 0.25) is 0 Å². The van der Waals surface area contributed by atoms with Crippen LogP contribution in [0.5, 0.6) is 0 Å². The zero-order valence-corrected chi connectivity index (χ0v) is 12.9. The molecular formula is C11H12FIN6O2. The van der Waals surface area contributed by atoms with Crippen LogP contribution >= 0.6 is 22.6 Å². The molecule has 3 N–H and O–H groups in total. The number of anilines is 1. The molecule has 8 nitrogen and oxygen atoms in total. The molecule has 2 aromatic rings. The van der Waals surface area contributed by atoms with Crippen LogP contribution in [0.1, 0.15) is 12.5 Å². The van der Waals surface area contributed by atoms with E-state index in [9.17, 15) is 9.18 Å². The summed E-state index contributed by atoms with van der Waals surface area (Å²) in [6.45, 7) is 0.0613. The Kier molecular flexibility index (Phi) is 3.55. The summed E-state index contributed by atoms with van der Waals surface area (Å²) in [6, 6.07) is -0.412. The maximum atomic E-state index is 13.8. The third kappa shape index (κ3) is 2.47. The summed E-state index contributed by atoms with van der Waals surface area (Å²) in [5.41, 5.74) is 6.31. The highest BCUT2D eigenvalue weighted by atomic mass is 127. The van der Waals surface area contributed by atoms with Crippen molar-refractivity contribution in [3.63, 3.8) is 0 Å². The first-order valence-electron chi connectivity index (χ1n) is 6.23. The Morgan fingerprint density at radius 2 is 2.24 bits per heavy atom. The first kappa shape index (κ1) is 14.2. The Balaban J connectivity index is 2.04. The van der Waals surface area contributed by atoms with E-state index in [2.05, 4.69) is 15.1 Å². The molecule has 10 heteroatoms. The molecule has 3 rings (SSSR count). The zero-order chi connectivity index (χ0) is 15.1. The minimum absolute atomic E-state index is 0.112. The van der Waals surface area contributed by atoms with Gasteiger partial charge in [0.05, 0.1) is 18.0 Å². The van der Waals surface area contributed by atoms with Gasteiger partial charge in [0, 0.05) is 13.0 Å². The highest BCUT2D eigenvalue weighted by molar-refractivity contribution is 14.1. The first-order valence-corrected chi connectivity index (χ1v) is 7.31. The number of nitrogen functional groups attached to an aromatic ring is 1. The van der Waals surface area contributed by atoms with Crippen molar-refractivity contribution in [2.45, 2.75) is 18.6 Å². The molecule has 1 aliphatic rings. The molecule has 0 aliphatic carbocycles. The molecule has 1 unspecified atom stereocenters. The number of fused-ring (bicyclic) bond motifs is 1. The van der Waals surface area contributed by atoms with Gasteiger partial charge in [-0.1, -0.05) is 0 Å². The molecule has 112 valence electrons. The maximum absolute atomic E-state index is 13.8. The number of alkyl halides is 1. The molecule has 1 fully saturated rings. The summed E-state index contributed by atoms with van der Waals surface area (Å²) in [6.07, 6.45) is -0.851. The second kappa shape index (κ2) is 5.24. The van der Waals surface area contributed by atoms with Gasteiger partial charge in [0.2, 0.25) is 0 Å². The fraction of sp³-hybridized carbons (Fsp3) is 0.455. The molecule has 0 radical (unpaired) electrons. The summed E-state index contributed by atoms with van der Waals surface area (Å²) < 4.78 is 16.0. The van der Waals surface area contributed by atoms with E-state index in [1.807, 2.05) is 22.6 Å². The highest BCUT2D eigenvalue weighted by Crippen LogP contribution is 2.29. The average Bonchev–Trinajstić information content (AvgIpc) is 2.77. The van der Waals surface area contributed by atoms with Crippen LogP contribution in [0.4, 0.5) is 15.0 Å². The number of rotatable bonds is 1. The molecule has 0 saturated carbocycles. The Morgan fingerprint density at radius 3 is 2.95 bits per heavy atom. The summed E-state index contributed by atoms with van der Waals surface area (Å²) in [7, 11) is 0. The van der Waals surface area contributed by atoms with Crippen LogP contribution in [0.3, 0.4) is 0 Å². The van der Waals surface area contributed by atoms with E-state index >= 15 is 0 Å². The van der Waals surface area contributed by atoms with Gasteiger partial charge in [-0.15, -0.1) is 0 Å². The van der Waals surface area contributed by atoms with Gasteiger partial charge in [-0.2, -0.15) is 5.10 Å². The molecule has 3 heterocycles. The van der Waals surface area contributed by atoms with E-state index in [0.29, 0.717) is 20.6 Å². The molecule has 2 aromatic heterocycles. The zero-order valence-electron chi connectivity index (χ0n) is 10.8. The van der Waals surface area contributed by atoms with Gasteiger partial charge in [-0.25, -0.2) is 23.8 Å². The number of carbonyl (C=O) groups is 1. The van der Waals surface area contributed by atoms with Crippen LogP contribution in [0, 0.1) is 3.70 Å².